The number of aryl methyl sites for hydroxylation is 2. The van der Waals surface area contributed by atoms with Crippen LogP contribution in [0.2, 0.25) is 10.0 Å². The van der Waals surface area contributed by atoms with Gasteiger partial charge in [0.05, 0.1) is 22.8 Å². The molecule has 190 valence electrons. The van der Waals surface area contributed by atoms with Gasteiger partial charge in [-0.1, -0.05) is 40.9 Å². The van der Waals surface area contributed by atoms with E-state index in [0.717, 1.165) is 39.6 Å². The van der Waals surface area contributed by atoms with E-state index in [1.165, 1.54) is 41.7 Å². The van der Waals surface area contributed by atoms with Crippen LogP contribution in [0.1, 0.15) is 39.7 Å². The summed E-state index contributed by atoms with van der Waals surface area (Å²) in [7, 11) is -4.16. The molecule has 0 fully saturated rings. The molecule has 2 aromatic carbocycles. The first-order valence-corrected chi connectivity index (χ1v) is 14.3. The Morgan fingerprint density at radius 1 is 1.08 bits per heavy atom. The van der Waals surface area contributed by atoms with Gasteiger partial charge in [0.2, 0.25) is 5.91 Å². The average Bonchev–Trinajstić information content (AvgIpc) is 3.38. The number of benzene rings is 2. The minimum absolute atomic E-state index is 0.0133. The van der Waals surface area contributed by atoms with Crippen molar-refractivity contribution in [1.29, 1.82) is 0 Å². The zero-order valence-electron chi connectivity index (χ0n) is 19.6. The molecule has 1 aromatic heterocycles. The first kappa shape index (κ1) is 26.5. The average molecular weight is 568 g/mol. The second-order valence-electron chi connectivity index (χ2n) is 8.28. The Morgan fingerprint density at radius 2 is 1.75 bits per heavy atom. The molecular weight excluding hydrogens is 543 g/mol. The number of halogens is 2. The third kappa shape index (κ3) is 5.54. The molecule has 1 aliphatic rings. The quantitative estimate of drug-likeness (QED) is 0.344. The minimum Gasteiger partial charge on any atom is -0.462 e. The van der Waals surface area contributed by atoms with E-state index < -0.39 is 28.4 Å². The highest BCUT2D eigenvalue weighted by molar-refractivity contribution is 7.92. The Labute approximate surface area is 224 Å². The van der Waals surface area contributed by atoms with E-state index in [4.69, 9.17) is 27.9 Å². The summed E-state index contributed by atoms with van der Waals surface area (Å²) >= 11 is 13.6. The van der Waals surface area contributed by atoms with E-state index in [9.17, 15) is 18.0 Å². The lowest BCUT2D eigenvalue weighted by atomic mass is 10.1. The van der Waals surface area contributed by atoms with Crippen LogP contribution in [0.15, 0.2) is 47.4 Å². The molecule has 0 saturated carbocycles. The summed E-state index contributed by atoms with van der Waals surface area (Å²) in [6.07, 6.45) is 2.47. The van der Waals surface area contributed by atoms with Crippen molar-refractivity contribution in [3.8, 4) is 0 Å². The van der Waals surface area contributed by atoms with Crippen LogP contribution in [0.4, 0.5) is 10.7 Å². The summed E-state index contributed by atoms with van der Waals surface area (Å²) in [5.41, 5.74) is 2.27. The molecule has 7 nitrogen and oxygen atoms in total. The van der Waals surface area contributed by atoms with Crippen molar-refractivity contribution in [3.05, 3.63) is 74.1 Å². The number of carbonyl (C=O) groups is 2. The Balaban J connectivity index is 1.69. The van der Waals surface area contributed by atoms with E-state index in [1.807, 2.05) is 6.92 Å². The van der Waals surface area contributed by atoms with Crippen LogP contribution in [0.25, 0.3) is 0 Å². The number of amides is 1. The summed E-state index contributed by atoms with van der Waals surface area (Å²) in [5.74, 6) is -1.12. The van der Waals surface area contributed by atoms with Crippen LogP contribution in [0.3, 0.4) is 0 Å². The standard InChI is InChI=1S/C25H24Cl2N2O5S2/c1-3-34-25(31)23-20-5-4-6-21(20)35-24(23)28-22(30)14-29(18-12-16(26)11-17(27)13-18)36(32,33)19-9-7-15(2)8-10-19/h7-13H,3-6,14H2,1-2H3,(H,28,30). The summed E-state index contributed by atoms with van der Waals surface area (Å²) in [5, 5.41) is 3.56. The fraction of sp³-hybridized carbons (Fsp3) is 0.280. The van der Waals surface area contributed by atoms with Gasteiger partial charge in [-0.3, -0.25) is 9.10 Å². The van der Waals surface area contributed by atoms with Crippen LogP contribution in [0.5, 0.6) is 0 Å². The number of sulfonamides is 1. The van der Waals surface area contributed by atoms with Crippen molar-refractivity contribution in [2.45, 2.75) is 38.0 Å². The van der Waals surface area contributed by atoms with Crippen LogP contribution < -0.4 is 9.62 Å². The smallest absolute Gasteiger partial charge is 0.341 e. The van der Waals surface area contributed by atoms with E-state index in [0.29, 0.717) is 10.6 Å². The maximum absolute atomic E-state index is 13.6. The number of thiophene rings is 1. The summed E-state index contributed by atoms with van der Waals surface area (Å²) in [6.45, 7) is 3.21. The molecule has 1 heterocycles. The van der Waals surface area contributed by atoms with Gasteiger partial charge >= 0.3 is 5.97 Å². The molecule has 3 aromatic rings. The lowest BCUT2D eigenvalue weighted by Crippen LogP contribution is -2.38. The van der Waals surface area contributed by atoms with Crippen LogP contribution in [-0.4, -0.2) is 33.4 Å². The predicted molar refractivity (Wildman–Crippen MR) is 143 cm³/mol. The van der Waals surface area contributed by atoms with Gasteiger partial charge in [-0.15, -0.1) is 11.3 Å². The highest BCUT2D eigenvalue weighted by atomic mass is 35.5. The van der Waals surface area contributed by atoms with Gasteiger partial charge in [0.15, 0.2) is 0 Å². The minimum atomic E-state index is -4.16. The van der Waals surface area contributed by atoms with Crippen molar-refractivity contribution < 1.29 is 22.7 Å². The Hall–Kier alpha value is -2.59. The number of rotatable bonds is 8. The number of nitrogens with zero attached hydrogens (tertiary/aromatic N) is 1. The topological polar surface area (TPSA) is 92.8 Å². The molecule has 1 amide bonds. The highest BCUT2D eigenvalue weighted by Gasteiger charge is 2.31. The number of nitrogens with one attached hydrogen (secondary N) is 1. The van der Waals surface area contributed by atoms with E-state index in [-0.39, 0.29) is 27.2 Å². The summed E-state index contributed by atoms with van der Waals surface area (Å²) in [4.78, 5) is 26.9. The SMILES string of the molecule is CCOC(=O)c1c(NC(=O)CN(c2cc(Cl)cc(Cl)c2)S(=O)(=O)c2ccc(C)cc2)sc2c1CCC2. The number of esters is 1. The molecule has 1 aliphatic carbocycles. The van der Waals surface area contributed by atoms with Crippen LogP contribution in [0, 0.1) is 6.92 Å². The maximum Gasteiger partial charge on any atom is 0.341 e. The van der Waals surface area contributed by atoms with Gasteiger partial charge < -0.3 is 10.1 Å². The van der Waals surface area contributed by atoms with Crippen molar-refractivity contribution in [2.24, 2.45) is 0 Å². The lowest BCUT2D eigenvalue weighted by Gasteiger charge is -2.24. The van der Waals surface area contributed by atoms with Gasteiger partial charge in [-0.2, -0.15) is 0 Å². The summed E-state index contributed by atoms with van der Waals surface area (Å²) < 4.78 is 33.4. The van der Waals surface area contributed by atoms with Gasteiger partial charge in [-0.25, -0.2) is 13.2 Å². The lowest BCUT2D eigenvalue weighted by molar-refractivity contribution is -0.114. The third-order valence-electron chi connectivity index (χ3n) is 5.69. The second kappa shape index (κ2) is 10.8. The Morgan fingerprint density at radius 3 is 2.39 bits per heavy atom. The predicted octanol–water partition coefficient (Wildman–Crippen LogP) is 5.86. The third-order valence-corrected chi connectivity index (χ3v) is 9.12. The summed E-state index contributed by atoms with van der Waals surface area (Å²) in [6, 6.07) is 10.6. The van der Waals surface area contributed by atoms with Gasteiger partial charge in [0.25, 0.3) is 10.0 Å². The number of anilines is 2. The molecule has 11 heteroatoms. The van der Waals surface area contributed by atoms with Crippen molar-refractivity contribution in [1.82, 2.24) is 0 Å². The second-order valence-corrected chi connectivity index (χ2v) is 12.1. The highest BCUT2D eigenvalue weighted by Crippen LogP contribution is 2.39. The van der Waals surface area contributed by atoms with E-state index >= 15 is 0 Å². The van der Waals surface area contributed by atoms with Gasteiger partial charge in [-0.05, 0) is 69.0 Å². The monoisotopic (exact) mass is 566 g/mol. The Kier molecular flexibility index (Phi) is 7.94. The molecule has 0 aliphatic heterocycles. The molecule has 0 radical (unpaired) electrons. The maximum atomic E-state index is 13.6. The molecule has 0 atom stereocenters. The number of fused-ring (bicyclic) bond motifs is 1. The molecule has 0 saturated heterocycles. The van der Waals surface area contributed by atoms with Crippen molar-refractivity contribution in [2.75, 3.05) is 22.8 Å². The molecule has 0 bridgehead atoms. The fourth-order valence-electron chi connectivity index (χ4n) is 4.04. The number of hydrogen-bond donors (Lipinski definition) is 1. The number of ether oxygens (including phenoxy) is 1. The molecule has 0 spiro atoms. The van der Waals surface area contributed by atoms with E-state index in [2.05, 4.69) is 5.32 Å². The molecule has 36 heavy (non-hydrogen) atoms. The first-order chi connectivity index (χ1) is 17.1. The van der Waals surface area contributed by atoms with Gasteiger partial charge in [0, 0.05) is 14.9 Å². The van der Waals surface area contributed by atoms with Crippen molar-refractivity contribution in [3.63, 3.8) is 0 Å². The van der Waals surface area contributed by atoms with Gasteiger partial charge in [0.1, 0.15) is 11.5 Å². The van der Waals surface area contributed by atoms with Crippen LogP contribution in [-0.2, 0) is 32.4 Å². The first-order valence-electron chi connectivity index (χ1n) is 11.3. The van der Waals surface area contributed by atoms with Crippen LogP contribution >= 0.6 is 34.5 Å². The molecule has 4 rings (SSSR count). The molecule has 1 N–H and O–H groups in total. The largest absolute Gasteiger partial charge is 0.462 e. The molecular formula is C25H24Cl2N2O5S2. The number of carbonyl (C=O) groups excluding carboxylic acids is 2. The number of hydrogen-bond acceptors (Lipinski definition) is 6. The fourth-order valence-corrected chi connectivity index (χ4v) is 7.26. The van der Waals surface area contributed by atoms with Crippen molar-refractivity contribution >= 4 is 67.1 Å². The normalized spacial score (nSPS) is 12.8. The zero-order valence-corrected chi connectivity index (χ0v) is 22.8. The van der Waals surface area contributed by atoms with E-state index in [1.54, 1.807) is 19.1 Å². The molecule has 0 unspecified atom stereocenters. The Bertz CT molecular complexity index is 1400. The zero-order chi connectivity index (χ0) is 26.0.